The first-order chi connectivity index (χ1) is 15.5. The predicted molar refractivity (Wildman–Crippen MR) is 122 cm³/mol. The molecule has 0 aliphatic carbocycles. The predicted octanol–water partition coefficient (Wildman–Crippen LogP) is 4.21. The monoisotopic (exact) mass is 439 g/mol. The van der Waals surface area contributed by atoms with Gasteiger partial charge in [0.25, 0.3) is 0 Å². The minimum Gasteiger partial charge on any atom is -0.447 e. The van der Waals surface area contributed by atoms with Crippen molar-refractivity contribution in [2.45, 2.75) is 51.9 Å². The summed E-state index contributed by atoms with van der Waals surface area (Å²) in [4.78, 5) is 26.4. The molecule has 2 aromatic rings. The number of imide groups is 1. The highest BCUT2D eigenvalue weighted by Gasteiger charge is 2.41. The molecule has 2 aromatic carbocycles. The van der Waals surface area contributed by atoms with Crippen LogP contribution < -0.4 is 0 Å². The van der Waals surface area contributed by atoms with Gasteiger partial charge < -0.3 is 14.6 Å². The lowest BCUT2D eigenvalue weighted by atomic mass is 9.94. The molecule has 172 valence electrons. The molecular formula is C26H33NO5. The Labute approximate surface area is 190 Å². The Hall–Kier alpha value is -2.70. The topological polar surface area (TPSA) is 76.1 Å². The summed E-state index contributed by atoms with van der Waals surface area (Å²) >= 11 is 0. The standard InChI is InChI=1S/C26H33NO5/c1-19(16-31-17-22-11-7-4-8-12-22)13-14-24(28)20(2)25(29)27-23(18-32-26(27)30)15-21-9-5-3-6-10-21/h3-12,19-20,23-24,28H,13-18H2,1-2H3/t19-,20-,23-,24+/m0/s1. The lowest BCUT2D eigenvalue weighted by Crippen LogP contribution is -2.45. The van der Waals surface area contributed by atoms with Gasteiger partial charge in [-0.1, -0.05) is 74.5 Å². The van der Waals surface area contributed by atoms with Crippen molar-refractivity contribution in [3.63, 3.8) is 0 Å². The number of carbonyl (C=O) groups is 2. The number of hydrogen-bond acceptors (Lipinski definition) is 5. The molecule has 0 aromatic heterocycles. The Bertz CT molecular complexity index is 857. The highest BCUT2D eigenvalue weighted by atomic mass is 16.6. The summed E-state index contributed by atoms with van der Waals surface area (Å²) < 4.78 is 10.9. The quantitative estimate of drug-likeness (QED) is 0.568. The molecule has 3 rings (SSSR count). The maximum absolute atomic E-state index is 13.0. The fourth-order valence-corrected chi connectivity index (χ4v) is 3.89. The Morgan fingerprint density at radius 2 is 1.69 bits per heavy atom. The molecule has 0 saturated carbocycles. The molecule has 0 bridgehead atoms. The van der Waals surface area contributed by atoms with E-state index in [4.69, 9.17) is 9.47 Å². The van der Waals surface area contributed by atoms with Gasteiger partial charge in [-0.25, -0.2) is 9.69 Å². The summed E-state index contributed by atoms with van der Waals surface area (Å²) in [6, 6.07) is 19.3. The van der Waals surface area contributed by atoms with Crippen molar-refractivity contribution in [3.05, 3.63) is 71.8 Å². The first-order valence-electron chi connectivity index (χ1n) is 11.3. The fraction of sp³-hybridized carbons (Fsp3) is 0.462. The van der Waals surface area contributed by atoms with Crippen LogP contribution in [0.15, 0.2) is 60.7 Å². The number of cyclic esters (lactones) is 1. The molecule has 1 fully saturated rings. The van der Waals surface area contributed by atoms with Gasteiger partial charge in [-0.2, -0.15) is 0 Å². The minimum absolute atomic E-state index is 0.179. The van der Waals surface area contributed by atoms with Crippen LogP contribution in [0.2, 0.25) is 0 Å². The van der Waals surface area contributed by atoms with E-state index < -0.39 is 18.1 Å². The van der Waals surface area contributed by atoms with Gasteiger partial charge in [0, 0.05) is 6.61 Å². The van der Waals surface area contributed by atoms with Crippen molar-refractivity contribution in [2.75, 3.05) is 13.2 Å². The number of benzene rings is 2. The molecule has 1 aliphatic rings. The van der Waals surface area contributed by atoms with Crippen LogP contribution in [0.4, 0.5) is 4.79 Å². The summed E-state index contributed by atoms with van der Waals surface area (Å²) in [7, 11) is 0. The molecule has 2 amide bonds. The number of ether oxygens (including phenoxy) is 2. The van der Waals surface area contributed by atoms with Gasteiger partial charge in [0.05, 0.1) is 24.7 Å². The molecule has 1 heterocycles. The Balaban J connectivity index is 1.45. The van der Waals surface area contributed by atoms with Crippen LogP contribution in [-0.4, -0.2) is 47.4 Å². The second kappa shape index (κ2) is 11.8. The third-order valence-corrected chi connectivity index (χ3v) is 5.95. The van der Waals surface area contributed by atoms with Crippen LogP contribution in [0.3, 0.4) is 0 Å². The van der Waals surface area contributed by atoms with E-state index in [-0.39, 0.29) is 24.5 Å². The van der Waals surface area contributed by atoms with E-state index in [1.165, 1.54) is 4.90 Å². The molecule has 4 atom stereocenters. The number of nitrogens with zero attached hydrogens (tertiary/aromatic N) is 1. The summed E-state index contributed by atoms with van der Waals surface area (Å²) in [5.41, 5.74) is 2.16. The molecule has 1 saturated heterocycles. The Morgan fingerprint density at radius 3 is 2.34 bits per heavy atom. The zero-order chi connectivity index (χ0) is 22.9. The molecule has 1 N–H and O–H groups in total. The zero-order valence-corrected chi connectivity index (χ0v) is 18.9. The second-order valence-electron chi connectivity index (χ2n) is 8.67. The van der Waals surface area contributed by atoms with Gasteiger partial charge in [-0.15, -0.1) is 0 Å². The molecule has 1 aliphatic heterocycles. The third-order valence-electron chi connectivity index (χ3n) is 5.95. The Morgan fingerprint density at radius 1 is 1.06 bits per heavy atom. The number of hydrogen-bond donors (Lipinski definition) is 1. The summed E-state index contributed by atoms with van der Waals surface area (Å²) in [6.45, 7) is 5.06. The smallest absolute Gasteiger partial charge is 0.416 e. The summed E-state index contributed by atoms with van der Waals surface area (Å²) in [5, 5.41) is 10.6. The van der Waals surface area contributed by atoms with Gasteiger partial charge in [0.15, 0.2) is 0 Å². The maximum atomic E-state index is 13.0. The van der Waals surface area contributed by atoms with E-state index >= 15 is 0 Å². The normalized spacial score (nSPS) is 18.8. The summed E-state index contributed by atoms with van der Waals surface area (Å²) in [5.74, 6) is -0.816. The van der Waals surface area contributed by atoms with Crippen LogP contribution >= 0.6 is 0 Å². The maximum Gasteiger partial charge on any atom is 0.416 e. The average molecular weight is 440 g/mol. The van der Waals surface area contributed by atoms with Crippen molar-refractivity contribution in [2.24, 2.45) is 11.8 Å². The van der Waals surface area contributed by atoms with Crippen LogP contribution in [0.5, 0.6) is 0 Å². The van der Waals surface area contributed by atoms with Gasteiger partial charge in [0.1, 0.15) is 6.61 Å². The average Bonchev–Trinajstić information content (AvgIpc) is 3.17. The second-order valence-corrected chi connectivity index (χ2v) is 8.67. The molecule has 0 spiro atoms. The number of aliphatic hydroxyl groups excluding tert-OH is 1. The van der Waals surface area contributed by atoms with Gasteiger partial charge in [-0.3, -0.25) is 4.79 Å². The number of aliphatic hydroxyl groups is 1. The van der Waals surface area contributed by atoms with E-state index in [9.17, 15) is 14.7 Å². The van der Waals surface area contributed by atoms with Crippen LogP contribution in [-0.2, 0) is 27.3 Å². The van der Waals surface area contributed by atoms with Gasteiger partial charge >= 0.3 is 6.09 Å². The lowest BCUT2D eigenvalue weighted by molar-refractivity contribution is -0.136. The van der Waals surface area contributed by atoms with Crippen molar-refractivity contribution in [1.82, 2.24) is 4.90 Å². The van der Waals surface area contributed by atoms with Crippen LogP contribution in [0.1, 0.15) is 37.8 Å². The number of carbonyl (C=O) groups excluding carboxylic acids is 2. The highest BCUT2D eigenvalue weighted by molar-refractivity contribution is 5.94. The zero-order valence-electron chi connectivity index (χ0n) is 18.9. The third kappa shape index (κ3) is 6.65. The van der Waals surface area contributed by atoms with E-state index in [0.29, 0.717) is 26.1 Å². The van der Waals surface area contributed by atoms with Crippen LogP contribution in [0.25, 0.3) is 0 Å². The molecular weight excluding hydrogens is 406 g/mol. The van der Waals surface area contributed by atoms with Crippen molar-refractivity contribution >= 4 is 12.0 Å². The molecule has 0 unspecified atom stereocenters. The number of amides is 2. The van der Waals surface area contributed by atoms with Crippen molar-refractivity contribution in [1.29, 1.82) is 0 Å². The first-order valence-corrected chi connectivity index (χ1v) is 11.3. The van der Waals surface area contributed by atoms with Crippen molar-refractivity contribution in [3.8, 4) is 0 Å². The van der Waals surface area contributed by atoms with E-state index in [1.54, 1.807) is 6.92 Å². The largest absolute Gasteiger partial charge is 0.447 e. The van der Waals surface area contributed by atoms with Gasteiger partial charge in [-0.05, 0) is 36.3 Å². The Kier molecular flexibility index (Phi) is 8.82. The minimum atomic E-state index is -0.829. The lowest BCUT2D eigenvalue weighted by Gasteiger charge is -2.26. The van der Waals surface area contributed by atoms with E-state index in [1.807, 2.05) is 60.7 Å². The highest BCUT2D eigenvalue weighted by Crippen LogP contribution is 2.23. The molecule has 6 heteroatoms. The van der Waals surface area contributed by atoms with Gasteiger partial charge in [0.2, 0.25) is 5.91 Å². The number of rotatable bonds is 11. The van der Waals surface area contributed by atoms with E-state index in [2.05, 4.69) is 6.92 Å². The fourth-order valence-electron chi connectivity index (χ4n) is 3.89. The van der Waals surface area contributed by atoms with Crippen molar-refractivity contribution < 1.29 is 24.2 Å². The SMILES string of the molecule is C[C@@H](CC[C@@H](O)[C@H](C)C(=O)N1C(=O)OC[C@@H]1Cc1ccccc1)COCc1ccccc1. The molecule has 6 nitrogen and oxygen atoms in total. The first kappa shape index (κ1) is 24.0. The van der Waals surface area contributed by atoms with Crippen LogP contribution in [0, 0.1) is 11.8 Å². The summed E-state index contributed by atoms with van der Waals surface area (Å²) in [6.07, 6.45) is 0.278. The molecule has 32 heavy (non-hydrogen) atoms. The molecule has 0 radical (unpaired) electrons. The van der Waals surface area contributed by atoms with E-state index in [0.717, 1.165) is 17.5 Å².